The van der Waals surface area contributed by atoms with Gasteiger partial charge < -0.3 is 20.1 Å². The van der Waals surface area contributed by atoms with Gasteiger partial charge in [-0.3, -0.25) is 14.4 Å². The average molecular weight is 356 g/mol. The number of carbonyl (C=O) groups is 3. The van der Waals surface area contributed by atoms with Crippen molar-refractivity contribution in [3.8, 4) is 0 Å². The van der Waals surface area contributed by atoms with Gasteiger partial charge in [0.15, 0.2) is 0 Å². The van der Waals surface area contributed by atoms with Gasteiger partial charge >= 0.3 is 11.9 Å². The van der Waals surface area contributed by atoms with Crippen molar-refractivity contribution in [2.75, 3.05) is 13.1 Å². The fraction of sp³-hybridized carbons (Fsp3) is 0.421. The Bertz CT molecular complexity index is 892. The number of piperidine rings is 1. The lowest BCUT2D eigenvalue weighted by atomic mass is 9.97. The van der Waals surface area contributed by atoms with Gasteiger partial charge in [0.25, 0.3) is 0 Å². The van der Waals surface area contributed by atoms with E-state index in [-0.39, 0.29) is 31.8 Å². The standard InChI is InChI=1S/C19H20N2O5/c22-15(7-3-4-12-8-20-14-6-2-1-5-13(12)14)21-10-18(16(23)24)9-19(18,11-21)17(25)26/h1-2,5-6,8,20H,3-4,7,9-11H2,(H,23,24)(H,25,26)/t18-,19+. The molecule has 7 nitrogen and oxygen atoms in total. The van der Waals surface area contributed by atoms with Crippen molar-refractivity contribution in [2.45, 2.75) is 25.7 Å². The minimum atomic E-state index is -1.30. The van der Waals surface area contributed by atoms with Crippen LogP contribution in [0.15, 0.2) is 30.5 Å². The molecule has 1 amide bonds. The molecular formula is C19H20N2O5. The molecule has 1 aliphatic carbocycles. The number of benzene rings is 1. The van der Waals surface area contributed by atoms with Gasteiger partial charge in [0.2, 0.25) is 5.91 Å². The van der Waals surface area contributed by atoms with Crippen LogP contribution in [0.5, 0.6) is 0 Å². The second kappa shape index (κ2) is 5.59. The predicted molar refractivity (Wildman–Crippen MR) is 92.6 cm³/mol. The number of hydrogen-bond donors (Lipinski definition) is 3. The number of aromatic nitrogens is 1. The fourth-order valence-electron chi connectivity index (χ4n) is 4.39. The number of fused-ring (bicyclic) bond motifs is 2. The number of para-hydroxylation sites is 1. The predicted octanol–water partition coefficient (Wildman–Crippen LogP) is 1.88. The molecule has 2 atom stereocenters. The number of nitrogens with zero attached hydrogens (tertiary/aromatic N) is 1. The number of hydrogen-bond acceptors (Lipinski definition) is 3. The third kappa shape index (κ3) is 2.23. The van der Waals surface area contributed by atoms with Crippen molar-refractivity contribution in [3.05, 3.63) is 36.0 Å². The summed E-state index contributed by atoms with van der Waals surface area (Å²) in [6.45, 7) is 0.00110. The molecular weight excluding hydrogens is 336 g/mol. The first-order valence-corrected chi connectivity index (χ1v) is 8.69. The van der Waals surface area contributed by atoms with Crippen LogP contribution in [0.2, 0.25) is 0 Å². The van der Waals surface area contributed by atoms with Gasteiger partial charge in [-0.05, 0) is 30.9 Å². The summed E-state index contributed by atoms with van der Waals surface area (Å²) in [6.07, 6.45) is 3.71. The van der Waals surface area contributed by atoms with E-state index >= 15 is 0 Å². The molecule has 1 saturated heterocycles. The molecule has 1 aromatic carbocycles. The molecule has 2 heterocycles. The van der Waals surface area contributed by atoms with Crippen molar-refractivity contribution in [1.82, 2.24) is 9.88 Å². The highest BCUT2D eigenvalue weighted by molar-refractivity contribution is 5.96. The van der Waals surface area contributed by atoms with E-state index < -0.39 is 22.8 Å². The Morgan fingerprint density at radius 3 is 2.38 bits per heavy atom. The monoisotopic (exact) mass is 356 g/mol. The summed E-state index contributed by atoms with van der Waals surface area (Å²) in [5.74, 6) is -2.40. The molecule has 4 rings (SSSR count). The normalized spacial score (nSPS) is 26.7. The molecule has 26 heavy (non-hydrogen) atoms. The van der Waals surface area contributed by atoms with Gasteiger partial charge in [0.1, 0.15) is 10.8 Å². The highest BCUT2D eigenvalue weighted by Crippen LogP contribution is 2.68. The molecule has 0 bridgehead atoms. The first-order valence-electron chi connectivity index (χ1n) is 8.69. The second-order valence-electron chi connectivity index (χ2n) is 7.41. The first kappa shape index (κ1) is 16.6. The average Bonchev–Trinajstić information content (AvgIpc) is 2.95. The lowest BCUT2D eigenvalue weighted by molar-refractivity contribution is -0.151. The minimum Gasteiger partial charge on any atom is -0.481 e. The zero-order valence-electron chi connectivity index (χ0n) is 14.2. The Morgan fingerprint density at radius 1 is 1.08 bits per heavy atom. The lowest BCUT2D eigenvalue weighted by Gasteiger charge is -2.20. The van der Waals surface area contributed by atoms with E-state index in [1.54, 1.807) is 0 Å². The van der Waals surface area contributed by atoms with E-state index in [0.717, 1.165) is 22.9 Å². The molecule has 2 fully saturated rings. The molecule has 2 aliphatic rings. The Kier molecular flexibility index (Phi) is 3.57. The maximum absolute atomic E-state index is 12.5. The zero-order valence-corrected chi connectivity index (χ0v) is 14.2. The molecule has 1 saturated carbocycles. The third-order valence-electron chi connectivity index (χ3n) is 6.00. The quantitative estimate of drug-likeness (QED) is 0.732. The highest BCUT2D eigenvalue weighted by Gasteiger charge is 2.81. The molecule has 1 aromatic heterocycles. The minimum absolute atomic E-state index is 0.000548. The Labute approximate surface area is 149 Å². The molecule has 0 spiro atoms. The van der Waals surface area contributed by atoms with Crippen LogP contribution in [0.3, 0.4) is 0 Å². The highest BCUT2D eigenvalue weighted by atomic mass is 16.4. The Morgan fingerprint density at radius 2 is 1.73 bits per heavy atom. The number of amides is 1. The molecule has 2 aromatic rings. The Balaban J connectivity index is 1.38. The van der Waals surface area contributed by atoms with Gasteiger partial charge in [-0.1, -0.05) is 18.2 Å². The van der Waals surface area contributed by atoms with Gasteiger partial charge in [-0.2, -0.15) is 0 Å². The van der Waals surface area contributed by atoms with E-state index in [2.05, 4.69) is 4.98 Å². The van der Waals surface area contributed by atoms with E-state index in [1.165, 1.54) is 4.90 Å². The summed E-state index contributed by atoms with van der Waals surface area (Å²) in [4.78, 5) is 40.1. The summed E-state index contributed by atoms with van der Waals surface area (Å²) < 4.78 is 0. The van der Waals surface area contributed by atoms with Crippen LogP contribution in [-0.2, 0) is 20.8 Å². The van der Waals surface area contributed by atoms with Gasteiger partial charge in [0, 0.05) is 36.6 Å². The lowest BCUT2D eigenvalue weighted by Crippen LogP contribution is -2.34. The van der Waals surface area contributed by atoms with Crippen molar-refractivity contribution in [3.63, 3.8) is 0 Å². The number of likely N-dealkylation sites (tertiary alicyclic amines) is 1. The van der Waals surface area contributed by atoms with Crippen LogP contribution in [0.1, 0.15) is 24.8 Å². The number of rotatable bonds is 6. The number of nitrogens with one attached hydrogen (secondary N) is 1. The number of aromatic amines is 1. The van der Waals surface area contributed by atoms with E-state index in [4.69, 9.17) is 0 Å². The molecule has 0 radical (unpaired) electrons. The largest absolute Gasteiger partial charge is 0.481 e. The number of aliphatic carboxylic acids is 2. The number of carbonyl (C=O) groups excluding carboxylic acids is 1. The van der Waals surface area contributed by atoms with Crippen molar-refractivity contribution < 1.29 is 24.6 Å². The van der Waals surface area contributed by atoms with Crippen LogP contribution < -0.4 is 0 Å². The van der Waals surface area contributed by atoms with Crippen LogP contribution in [-0.4, -0.2) is 51.0 Å². The molecule has 136 valence electrons. The maximum atomic E-state index is 12.5. The van der Waals surface area contributed by atoms with Crippen LogP contribution in [0.25, 0.3) is 10.9 Å². The molecule has 7 heteroatoms. The number of aryl methyl sites for hydroxylation is 1. The van der Waals surface area contributed by atoms with Gasteiger partial charge in [0.05, 0.1) is 0 Å². The maximum Gasteiger partial charge on any atom is 0.312 e. The molecule has 3 N–H and O–H groups in total. The van der Waals surface area contributed by atoms with Crippen molar-refractivity contribution in [1.29, 1.82) is 0 Å². The zero-order chi connectivity index (χ0) is 18.5. The van der Waals surface area contributed by atoms with Crippen molar-refractivity contribution in [2.24, 2.45) is 10.8 Å². The fourth-order valence-corrected chi connectivity index (χ4v) is 4.39. The summed E-state index contributed by atoms with van der Waals surface area (Å²) >= 11 is 0. The smallest absolute Gasteiger partial charge is 0.312 e. The third-order valence-corrected chi connectivity index (χ3v) is 6.00. The molecule has 0 unspecified atom stereocenters. The summed E-state index contributed by atoms with van der Waals surface area (Å²) in [5, 5.41) is 20.0. The van der Waals surface area contributed by atoms with E-state index in [0.29, 0.717) is 6.42 Å². The SMILES string of the molecule is O=C(CCCc1c[nH]c2ccccc12)N1C[C@@]2(C(=O)O)C[C@@]2(C(=O)O)C1. The van der Waals surface area contributed by atoms with Crippen LogP contribution in [0, 0.1) is 10.8 Å². The topological polar surface area (TPSA) is 111 Å². The number of carboxylic acid groups (broad SMARTS) is 2. The van der Waals surface area contributed by atoms with Gasteiger partial charge in [-0.25, -0.2) is 0 Å². The first-order chi connectivity index (χ1) is 12.4. The van der Waals surface area contributed by atoms with Gasteiger partial charge in [-0.15, -0.1) is 0 Å². The van der Waals surface area contributed by atoms with Crippen molar-refractivity contribution >= 4 is 28.7 Å². The number of H-pyrrole nitrogens is 1. The van der Waals surface area contributed by atoms with Crippen LogP contribution >= 0.6 is 0 Å². The van der Waals surface area contributed by atoms with E-state index in [9.17, 15) is 24.6 Å². The molecule has 1 aliphatic heterocycles. The summed E-state index contributed by atoms with van der Waals surface area (Å²) in [7, 11) is 0. The Hall–Kier alpha value is -2.83. The van der Waals surface area contributed by atoms with E-state index in [1.807, 2.05) is 30.5 Å². The number of carboxylic acids is 2. The summed E-state index contributed by atoms with van der Waals surface area (Å²) in [5.41, 5.74) is -0.404. The summed E-state index contributed by atoms with van der Waals surface area (Å²) in [6, 6.07) is 7.96. The van der Waals surface area contributed by atoms with Crippen LogP contribution in [0.4, 0.5) is 0 Å². The second-order valence-corrected chi connectivity index (χ2v) is 7.41.